The molecule has 0 saturated carbocycles. The molecule has 8 heteroatoms. The highest BCUT2D eigenvalue weighted by atomic mass is 32.2. The van der Waals surface area contributed by atoms with Gasteiger partial charge < -0.3 is 9.80 Å². The zero-order chi connectivity index (χ0) is 22.6. The fourth-order valence-corrected chi connectivity index (χ4v) is 5.44. The Labute approximate surface area is 186 Å². The van der Waals surface area contributed by atoms with Crippen LogP contribution in [0.2, 0.25) is 0 Å². The Balaban J connectivity index is 1.78. The molecule has 2 heterocycles. The third-order valence-corrected chi connectivity index (χ3v) is 8.36. The van der Waals surface area contributed by atoms with Crippen LogP contribution in [0.15, 0.2) is 29.2 Å². The summed E-state index contributed by atoms with van der Waals surface area (Å²) in [4.78, 5) is 29.4. The quantitative estimate of drug-likeness (QED) is 0.669. The van der Waals surface area contributed by atoms with Crippen molar-refractivity contribution in [3.63, 3.8) is 0 Å². The average Bonchev–Trinajstić information content (AvgIpc) is 2.74. The molecule has 2 amide bonds. The van der Waals surface area contributed by atoms with Crippen molar-refractivity contribution in [1.29, 1.82) is 0 Å². The minimum absolute atomic E-state index is 0.109. The van der Waals surface area contributed by atoms with Crippen LogP contribution in [0.5, 0.6) is 0 Å². The summed E-state index contributed by atoms with van der Waals surface area (Å²) in [7, 11) is -3.97. The number of piperidine rings is 2. The van der Waals surface area contributed by atoms with Gasteiger partial charge in [0.05, 0.1) is 18.0 Å². The van der Waals surface area contributed by atoms with Crippen molar-refractivity contribution in [2.75, 3.05) is 39.3 Å². The van der Waals surface area contributed by atoms with Gasteiger partial charge in [-0.2, -0.15) is 4.31 Å². The molecule has 0 N–H and O–H groups in total. The average molecular weight is 450 g/mol. The molecule has 3 rings (SSSR count). The van der Waals surface area contributed by atoms with E-state index in [9.17, 15) is 18.0 Å². The van der Waals surface area contributed by atoms with Gasteiger partial charge in [-0.25, -0.2) is 8.42 Å². The molecule has 7 nitrogen and oxygen atoms in total. The summed E-state index contributed by atoms with van der Waals surface area (Å²) >= 11 is 0. The molecular formula is C23H35N3O4S. The van der Waals surface area contributed by atoms with E-state index in [2.05, 4.69) is 13.8 Å². The summed E-state index contributed by atoms with van der Waals surface area (Å²) in [6, 6.07) is 6.54. The van der Waals surface area contributed by atoms with Crippen LogP contribution >= 0.6 is 0 Å². The molecule has 0 radical (unpaired) electrons. The second kappa shape index (κ2) is 10.1. The Morgan fingerprint density at radius 1 is 0.839 bits per heavy atom. The second-order valence-corrected chi connectivity index (χ2v) is 11.2. The van der Waals surface area contributed by atoms with E-state index < -0.39 is 10.0 Å². The zero-order valence-corrected chi connectivity index (χ0v) is 19.7. The lowest BCUT2D eigenvalue weighted by Gasteiger charge is -2.34. The molecule has 0 aromatic heterocycles. The molecule has 0 atom stereocenters. The third kappa shape index (κ3) is 6.07. The third-order valence-electron chi connectivity index (χ3n) is 6.55. The Kier molecular flexibility index (Phi) is 7.75. The number of carbonyl (C=O) groups excluding carboxylic acids is 2. The van der Waals surface area contributed by atoms with Crippen molar-refractivity contribution >= 4 is 21.8 Å². The summed E-state index contributed by atoms with van der Waals surface area (Å²) in [6.45, 7) is 8.14. The molecule has 0 aliphatic carbocycles. The Morgan fingerprint density at radius 3 is 1.61 bits per heavy atom. The van der Waals surface area contributed by atoms with E-state index in [1.807, 2.05) is 6.92 Å². The highest BCUT2D eigenvalue weighted by Crippen LogP contribution is 2.21. The first-order valence-corrected chi connectivity index (χ1v) is 12.7. The van der Waals surface area contributed by atoms with Crippen molar-refractivity contribution < 1.29 is 18.0 Å². The first-order valence-electron chi connectivity index (χ1n) is 11.3. The fraction of sp³-hybridized carbons (Fsp3) is 0.652. The van der Waals surface area contributed by atoms with E-state index in [0.29, 0.717) is 38.0 Å². The second-order valence-electron chi connectivity index (χ2n) is 9.21. The van der Waals surface area contributed by atoms with Crippen molar-refractivity contribution in [1.82, 2.24) is 14.1 Å². The van der Waals surface area contributed by atoms with Gasteiger partial charge in [-0.15, -0.1) is 0 Å². The standard InChI is InChI=1S/C23H35N3O4S/c1-18-4-6-21(7-5-18)31(29,30)26(16-22(27)24-12-8-19(2)9-13-24)17-23(28)25-14-10-20(3)11-15-25/h4-7,19-20H,8-17H2,1-3H3. The van der Waals surface area contributed by atoms with Crippen LogP contribution in [0.4, 0.5) is 0 Å². The van der Waals surface area contributed by atoms with Crippen LogP contribution in [0.25, 0.3) is 0 Å². The van der Waals surface area contributed by atoms with E-state index in [1.165, 1.54) is 12.1 Å². The van der Waals surface area contributed by atoms with Gasteiger partial charge in [0.2, 0.25) is 21.8 Å². The van der Waals surface area contributed by atoms with Gasteiger partial charge in [-0.05, 0) is 56.6 Å². The summed E-state index contributed by atoms with van der Waals surface area (Å²) < 4.78 is 27.8. The topological polar surface area (TPSA) is 78.0 Å². The molecule has 31 heavy (non-hydrogen) atoms. The number of nitrogens with zero attached hydrogens (tertiary/aromatic N) is 3. The molecule has 1 aromatic rings. The van der Waals surface area contributed by atoms with Gasteiger partial charge >= 0.3 is 0 Å². The van der Waals surface area contributed by atoms with Crippen LogP contribution in [0, 0.1) is 18.8 Å². The molecule has 2 aliphatic rings. The maximum Gasteiger partial charge on any atom is 0.244 e. The number of sulfonamides is 1. The Bertz CT molecular complexity index is 833. The zero-order valence-electron chi connectivity index (χ0n) is 18.9. The molecule has 0 unspecified atom stereocenters. The number of hydrogen-bond acceptors (Lipinski definition) is 4. The molecule has 0 bridgehead atoms. The molecule has 2 fully saturated rings. The monoisotopic (exact) mass is 449 g/mol. The van der Waals surface area contributed by atoms with Crippen LogP contribution in [-0.2, 0) is 19.6 Å². The lowest BCUT2D eigenvalue weighted by Crippen LogP contribution is -2.50. The van der Waals surface area contributed by atoms with E-state index in [1.54, 1.807) is 21.9 Å². The molecule has 172 valence electrons. The van der Waals surface area contributed by atoms with E-state index in [-0.39, 0.29) is 29.8 Å². The van der Waals surface area contributed by atoms with Gasteiger partial charge in [-0.3, -0.25) is 9.59 Å². The van der Waals surface area contributed by atoms with E-state index in [0.717, 1.165) is 35.6 Å². The first kappa shape index (κ1) is 23.7. The van der Waals surface area contributed by atoms with Crippen molar-refractivity contribution in [2.45, 2.75) is 51.3 Å². The number of rotatable bonds is 6. The number of benzene rings is 1. The minimum Gasteiger partial charge on any atom is -0.342 e. The van der Waals surface area contributed by atoms with Gasteiger partial charge in [0, 0.05) is 26.2 Å². The smallest absolute Gasteiger partial charge is 0.244 e. The summed E-state index contributed by atoms with van der Waals surface area (Å²) in [5.41, 5.74) is 0.947. The molecule has 1 aromatic carbocycles. The lowest BCUT2D eigenvalue weighted by molar-refractivity contribution is -0.135. The molecule has 2 saturated heterocycles. The van der Waals surface area contributed by atoms with Crippen molar-refractivity contribution in [2.24, 2.45) is 11.8 Å². The lowest BCUT2D eigenvalue weighted by atomic mass is 9.99. The molecule has 0 spiro atoms. The minimum atomic E-state index is -3.97. The number of hydrogen-bond donors (Lipinski definition) is 0. The highest BCUT2D eigenvalue weighted by Gasteiger charge is 2.33. The summed E-state index contributed by atoms with van der Waals surface area (Å²) in [6.07, 6.45) is 3.67. The first-order chi connectivity index (χ1) is 14.7. The number of carbonyl (C=O) groups is 2. The van der Waals surface area contributed by atoms with E-state index >= 15 is 0 Å². The number of likely N-dealkylation sites (tertiary alicyclic amines) is 2. The van der Waals surface area contributed by atoms with Gasteiger partial charge in [0.25, 0.3) is 0 Å². The largest absolute Gasteiger partial charge is 0.342 e. The Morgan fingerprint density at radius 2 is 1.23 bits per heavy atom. The fourth-order valence-electron chi connectivity index (χ4n) is 4.10. The van der Waals surface area contributed by atoms with E-state index in [4.69, 9.17) is 0 Å². The number of amides is 2. The molecular weight excluding hydrogens is 414 g/mol. The predicted octanol–water partition coefficient (Wildman–Crippen LogP) is 2.50. The van der Waals surface area contributed by atoms with Crippen LogP contribution in [-0.4, -0.2) is 73.6 Å². The van der Waals surface area contributed by atoms with Crippen LogP contribution in [0.1, 0.15) is 45.1 Å². The normalized spacial score (nSPS) is 19.1. The predicted molar refractivity (Wildman–Crippen MR) is 120 cm³/mol. The summed E-state index contributed by atoms with van der Waals surface area (Å²) in [5.74, 6) is 0.671. The highest BCUT2D eigenvalue weighted by molar-refractivity contribution is 7.89. The van der Waals surface area contributed by atoms with Crippen LogP contribution < -0.4 is 0 Å². The Hall–Kier alpha value is -1.93. The van der Waals surface area contributed by atoms with Crippen molar-refractivity contribution in [3.8, 4) is 0 Å². The summed E-state index contributed by atoms with van der Waals surface area (Å²) in [5, 5.41) is 0. The van der Waals surface area contributed by atoms with Gasteiger partial charge in [-0.1, -0.05) is 31.5 Å². The number of aryl methyl sites for hydroxylation is 1. The SMILES string of the molecule is Cc1ccc(S(=O)(=O)N(CC(=O)N2CCC(C)CC2)CC(=O)N2CCC(C)CC2)cc1. The maximum absolute atomic E-state index is 13.4. The molecule has 2 aliphatic heterocycles. The van der Waals surface area contributed by atoms with Gasteiger partial charge in [0.1, 0.15) is 0 Å². The van der Waals surface area contributed by atoms with Gasteiger partial charge in [0.15, 0.2) is 0 Å². The van der Waals surface area contributed by atoms with Crippen LogP contribution in [0.3, 0.4) is 0 Å². The van der Waals surface area contributed by atoms with Crippen molar-refractivity contribution in [3.05, 3.63) is 29.8 Å². The maximum atomic E-state index is 13.4.